The number of carbonyl (C=O) groups is 2. The molecule has 19 heteroatoms. The van der Waals surface area contributed by atoms with E-state index in [-0.39, 0.29) is 24.8 Å². The SMILES string of the molecule is Cc1sc2c(c1C)C(c1ccc(Cl)cc1)=N[C@@H](CC(=O)NCCCn1cc[n+](Cc3sc4c(c3C)C(c3ccc(Cl)cc3)=N[C@@H](CNC(=O)CCc3cccnc3)c3nnc(C)n3-4)c1)c1nnc(C)n1-2. The van der Waals surface area contributed by atoms with Gasteiger partial charge in [-0.2, -0.15) is 0 Å². The summed E-state index contributed by atoms with van der Waals surface area (Å²) in [6.07, 6.45) is 11.5. The van der Waals surface area contributed by atoms with Gasteiger partial charge in [0, 0.05) is 75.5 Å². The van der Waals surface area contributed by atoms with Crippen LogP contribution in [0.25, 0.3) is 10.0 Å². The van der Waals surface area contributed by atoms with Crippen LogP contribution in [0.1, 0.15) is 103 Å². The zero-order valence-corrected chi connectivity index (χ0v) is 42.4. The van der Waals surface area contributed by atoms with E-state index in [1.807, 2.05) is 74.5 Å². The summed E-state index contributed by atoms with van der Waals surface area (Å²) >= 11 is 16.1. The monoisotopic (exact) mass is 1010 g/mol. The number of aromatic nitrogens is 9. The van der Waals surface area contributed by atoms with Gasteiger partial charge >= 0.3 is 0 Å². The number of aliphatic imine (C=N–C) groups is 2. The fourth-order valence-electron chi connectivity index (χ4n) is 9.02. The van der Waals surface area contributed by atoms with Crippen LogP contribution in [0.3, 0.4) is 0 Å². The molecule has 0 fully saturated rings. The van der Waals surface area contributed by atoms with Crippen molar-refractivity contribution in [2.45, 2.75) is 85.5 Å². The first-order valence-electron chi connectivity index (χ1n) is 23.1. The van der Waals surface area contributed by atoms with E-state index in [0.717, 1.165) is 83.3 Å². The fraction of sp³-hybridized carbons (Fsp3) is 0.294. The van der Waals surface area contributed by atoms with Gasteiger partial charge in [-0.05, 0) is 88.1 Å². The second-order valence-corrected chi connectivity index (χ2v) is 20.7. The third kappa shape index (κ3) is 9.50. The molecule has 8 aromatic rings. The summed E-state index contributed by atoms with van der Waals surface area (Å²) in [7, 11) is 0. The Morgan fingerprint density at radius 3 is 2.03 bits per heavy atom. The third-order valence-corrected chi connectivity index (χ3v) is 15.8. The van der Waals surface area contributed by atoms with Crippen LogP contribution in [0.4, 0.5) is 0 Å². The van der Waals surface area contributed by atoms with E-state index in [0.29, 0.717) is 54.2 Å². The Hall–Kier alpha value is -6.66. The zero-order chi connectivity index (χ0) is 48.6. The number of halogens is 2. The van der Waals surface area contributed by atoms with Crippen LogP contribution >= 0.6 is 45.9 Å². The predicted molar refractivity (Wildman–Crippen MR) is 273 cm³/mol. The first-order valence-corrected chi connectivity index (χ1v) is 25.5. The third-order valence-electron chi connectivity index (χ3n) is 12.8. The molecule has 2 N–H and O–H groups in total. The summed E-state index contributed by atoms with van der Waals surface area (Å²) in [4.78, 5) is 43.9. The molecule has 70 heavy (non-hydrogen) atoms. The molecule has 8 heterocycles. The topological polar surface area (TPSA) is 166 Å². The maximum Gasteiger partial charge on any atom is 0.244 e. The number of carbonyl (C=O) groups excluding carboxylic acids is 2. The second-order valence-electron chi connectivity index (χ2n) is 17.6. The summed E-state index contributed by atoms with van der Waals surface area (Å²) in [5.41, 5.74) is 8.75. The van der Waals surface area contributed by atoms with E-state index < -0.39 is 12.1 Å². The van der Waals surface area contributed by atoms with Gasteiger partial charge in [-0.3, -0.25) is 33.7 Å². The van der Waals surface area contributed by atoms with Crippen molar-refractivity contribution in [3.05, 3.63) is 174 Å². The number of pyridine rings is 1. The quantitative estimate of drug-likeness (QED) is 0.0768. The van der Waals surface area contributed by atoms with Gasteiger partial charge in [-0.1, -0.05) is 53.5 Å². The van der Waals surface area contributed by atoms with Crippen LogP contribution in [0, 0.1) is 34.6 Å². The lowest BCUT2D eigenvalue weighted by Gasteiger charge is -2.14. The minimum Gasteiger partial charge on any atom is -0.356 e. The number of nitrogens with zero attached hydrogens (tertiary/aromatic N) is 11. The maximum atomic E-state index is 13.7. The number of fused-ring (bicyclic) bond motifs is 6. The molecule has 0 bridgehead atoms. The number of amides is 2. The summed E-state index contributed by atoms with van der Waals surface area (Å²) < 4.78 is 8.46. The molecule has 2 aliphatic rings. The highest BCUT2D eigenvalue weighted by atomic mass is 35.5. The Labute approximate surface area is 423 Å². The minimum absolute atomic E-state index is 0.0731. The molecule has 15 nitrogen and oxygen atoms in total. The molecule has 6 aromatic heterocycles. The Bertz CT molecular complexity index is 3310. The molecular formula is C51H50Cl2N13O2S2+. The van der Waals surface area contributed by atoms with E-state index in [9.17, 15) is 9.59 Å². The summed E-state index contributed by atoms with van der Waals surface area (Å²) in [6, 6.07) is 18.2. The van der Waals surface area contributed by atoms with Crippen molar-refractivity contribution in [2.75, 3.05) is 13.1 Å². The van der Waals surface area contributed by atoms with Crippen LogP contribution in [-0.4, -0.2) is 75.4 Å². The van der Waals surface area contributed by atoms with Crippen LogP contribution < -0.4 is 15.2 Å². The molecule has 10 rings (SSSR count). The van der Waals surface area contributed by atoms with E-state index in [2.05, 4.69) is 93.8 Å². The highest BCUT2D eigenvalue weighted by molar-refractivity contribution is 7.15. The van der Waals surface area contributed by atoms with Gasteiger partial charge in [0.1, 0.15) is 52.7 Å². The van der Waals surface area contributed by atoms with Crippen LogP contribution in [-0.2, 0) is 29.1 Å². The molecule has 0 unspecified atom stereocenters. The number of nitrogens with one attached hydrogen (secondary N) is 2. The number of benzene rings is 2. The first-order chi connectivity index (χ1) is 33.9. The normalized spacial score (nSPS) is 15.0. The van der Waals surface area contributed by atoms with Gasteiger partial charge in [-0.25, -0.2) is 9.13 Å². The molecule has 0 spiro atoms. The summed E-state index contributed by atoms with van der Waals surface area (Å²) in [5.74, 6) is 2.62. The Morgan fingerprint density at radius 1 is 0.743 bits per heavy atom. The molecule has 356 valence electrons. The minimum atomic E-state index is -0.540. The highest BCUT2D eigenvalue weighted by Gasteiger charge is 2.34. The lowest BCUT2D eigenvalue weighted by Crippen LogP contribution is -2.31. The number of imidazole rings is 1. The lowest BCUT2D eigenvalue weighted by molar-refractivity contribution is -0.687. The average Bonchev–Trinajstić information content (AvgIpc) is 4.16. The maximum absolute atomic E-state index is 13.7. The van der Waals surface area contributed by atoms with Crippen molar-refractivity contribution in [1.29, 1.82) is 0 Å². The number of rotatable bonds is 15. The standard InChI is InChI=1S/C51H49Cl2N13O2S2/c1-29-31(3)69-50-44(29)46(35-10-14-37(52)15-11-35)57-39(48-61-59-32(4)65(48)50)24-43(68)55-20-7-21-63-22-23-64(28-63)27-41-30(2)45-47(36-12-16-38(53)17-13-36)58-40(49-62-60-33(5)66(49)51(45)70-41)26-56-42(67)18-9-34-8-6-19-54-25-34/h6,8,10-17,19,22-23,25,28,39-40H,7,9,18,20-21,24,26-27H2,1-5H3,(H-,55,56,67,68)/p+1/t39-,40-/m0/s1. The number of hydrogen-bond acceptors (Lipinski definition) is 11. The van der Waals surface area contributed by atoms with Crippen molar-refractivity contribution in [3.8, 4) is 10.0 Å². The lowest BCUT2D eigenvalue weighted by atomic mass is 9.99. The summed E-state index contributed by atoms with van der Waals surface area (Å²) in [5, 5.41) is 27.7. The molecular weight excluding hydrogens is 962 g/mol. The molecule has 2 aliphatic heterocycles. The number of hydrogen-bond donors (Lipinski definition) is 2. The van der Waals surface area contributed by atoms with Crippen LogP contribution in [0.5, 0.6) is 0 Å². The second kappa shape index (κ2) is 20.0. The van der Waals surface area contributed by atoms with Gasteiger partial charge in [0.15, 0.2) is 11.6 Å². The van der Waals surface area contributed by atoms with Gasteiger partial charge in [0.2, 0.25) is 18.1 Å². The van der Waals surface area contributed by atoms with E-state index in [4.69, 9.17) is 33.2 Å². The van der Waals surface area contributed by atoms with Gasteiger partial charge in [-0.15, -0.1) is 43.1 Å². The summed E-state index contributed by atoms with van der Waals surface area (Å²) in [6.45, 7) is 12.3. The Kier molecular flexibility index (Phi) is 13.4. The predicted octanol–water partition coefficient (Wildman–Crippen LogP) is 8.48. The van der Waals surface area contributed by atoms with Gasteiger partial charge in [0.05, 0.1) is 29.3 Å². The average molecular weight is 1010 g/mol. The first kappa shape index (κ1) is 47.0. The van der Waals surface area contributed by atoms with Crippen molar-refractivity contribution in [2.24, 2.45) is 9.98 Å². The van der Waals surface area contributed by atoms with Crippen molar-refractivity contribution in [1.82, 2.24) is 49.7 Å². The largest absolute Gasteiger partial charge is 0.356 e. The molecule has 2 amide bonds. The highest BCUT2D eigenvalue weighted by Crippen LogP contribution is 2.41. The van der Waals surface area contributed by atoms with Crippen LogP contribution in [0.2, 0.25) is 10.0 Å². The van der Waals surface area contributed by atoms with Gasteiger partial charge < -0.3 is 10.6 Å². The smallest absolute Gasteiger partial charge is 0.244 e. The van der Waals surface area contributed by atoms with Gasteiger partial charge in [0.25, 0.3) is 0 Å². The Morgan fingerprint density at radius 2 is 1.37 bits per heavy atom. The fourth-order valence-corrected chi connectivity index (χ4v) is 11.9. The molecule has 0 radical (unpaired) electrons. The number of aryl methyl sites for hydroxylation is 5. The van der Waals surface area contributed by atoms with Crippen molar-refractivity contribution < 1.29 is 14.2 Å². The zero-order valence-electron chi connectivity index (χ0n) is 39.3. The van der Waals surface area contributed by atoms with E-state index in [1.165, 1.54) is 4.88 Å². The Balaban J connectivity index is 0.822. The van der Waals surface area contributed by atoms with Crippen molar-refractivity contribution >= 4 is 69.1 Å². The molecule has 0 saturated heterocycles. The van der Waals surface area contributed by atoms with Crippen LogP contribution in [0.15, 0.2) is 102 Å². The number of thiophene rings is 2. The molecule has 0 aliphatic carbocycles. The van der Waals surface area contributed by atoms with E-state index in [1.54, 1.807) is 35.1 Å². The van der Waals surface area contributed by atoms with E-state index >= 15 is 0 Å². The molecule has 2 aromatic carbocycles. The molecule has 2 atom stereocenters. The molecule has 0 saturated carbocycles. The van der Waals surface area contributed by atoms with Crippen molar-refractivity contribution in [3.63, 3.8) is 0 Å².